The van der Waals surface area contributed by atoms with Gasteiger partial charge in [0.1, 0.15) is 11.6 Å². The van der Waals surface area contributed by atoms with E-state index in [1.54, 1.807) is 12.3 Å². The van der Waals surface area contributed by atoms with E-state index in [-0.39, 0.29) is 11.8 Å². The molecular weight excluding hydrogens is 280 g/mol. The number of imidazole rings is 1. The van der Waals surface area contributed by atoms with Gasteiger partial charge in [-0.3, -0.25) is 4.79 Å². The molecule has 118 valence electrons. The first-order valence-electron chi connectivity index (χ1n) is 7.87. The van der Waals surface area contributed by atoms with Crippen molar-refractivity contribution in [1.29, 1.82) is 0 Å². The molecule has 0 saturated carbocycles. The van der Waals surface area contributed by atoms with Crippen molar-refractivity contribution >= 4 is 5.91 Å². The molecule has 22 heavy (non-hydrogen) atoms. The maximum absolute atomic E-state index is 12.6. The molecule has 1 saturated heterocycles. The molecule has 1 aliphatic rings. The van der Waals surface area contributed by atoms with Gasteiger partial charge in [-0.15, -0.1) is 0 Å². The molecule has 1 atom stereocenters. The van der Waals surface area contributed by atoms with Gasteiger partial charge in [-0.25, -0.2) is 4.98 Å². The van der Waals surface area contributed by atoms with Crippen molar-refractivity contribution in [3.8, 4) is 0 Å². The van der Waals surface area contributed by atoms with Crippen molar-refractivity contribution in [3.63, 3.8) is 0 Å². The van der Waals surface area contributed by atoms with Crippen molar-refractivity contribution in [2.24, 2.45) is 5.92 Å². The smallest absolute Gasteiger partial charge is 0.276 e. The quantitative estimate of drug-likeness (QED) is 0.942. The number of carbonyl (C=O) groups is 1. The lowest BCUT2D eigenvalue weighted by molar-refractivity contribution is 0.0694. The van der Waals surface area contributed by atoms with Gasteiger partial charge < -0.3 is 14.4 Å². The summed E-state index contributed by atoms with van der Waals surface area (Å²) in [6.07, 6.45) is 6.41. The van der Waals surface area contributed by atoms with Crippen LogP contribution in [-0.2, 0) is 6.42 Å². The average Bonchev–Trinajstić information content (AvgIpc) is 3.17. The lowest BCUT2D eigenvalue weighted by Crippen LogP contribution is -2.39. The van der Waals surface area contributed by atoms with E-state index in [1.807, 2.05) is 11.1 Å². The highest BCUT2D eigenvalue weighted by Gasteiger charge is 2.28. The molecule has 0 aliphatic carbocycles. The molecule has 1 N–H and O–H groups in total. The first-order valence-corrected chi connectivity index (χ1v) is 7.87. The van der Waals surface area contributed by atoms with Gasteiger partial charge in [0.15, 0.2) is 5.69 Å². The molecule has 0 spiro atoms. The minimum atomic E-state index is -0.0463. The monoisotopic (exact) mass is 302 g/mol. The van der Waals surface area contributed by atoms with Gasteiger partial charge in [0.2, 0.25) is 0 Å². The zero-order valence-electron chi connectivity index (χ0n) is 13.1. The van der Waals surface area contributed by atoms with Crippen LogP contribution in [0.4, 0.5) is 0 Å². The number of H-pyrrole nitrogens is 1. The van der Waals surface area contributed by atoms with Crippen LogP contribution in [0.15, 0.2) is 23.0 Å². The fourth-order valence-corrected chi connectivity index (χ4v) is 2.96. The highest BCUT2D eigenvalue weighted by atomic mass is 16.5. The van der Waals surface area contributed by atoms with Crippen molar-refractivity contribution in [2.75, 3.05) is 13.1 Å². The lowest BCUT2D eigenvalue weighted by atomic mass is 9.97. The molecular formula is C16H22N4O2. The summed E-state index contributed by atoms with van der Waals surface area (Å²) in [6.45, 7) is 5.67. The molecule has 0 unspecified atom stereocenters. The van der Waals surface area contributed by atoms with Gasteiger partial charge in [0.05, 0.1) is 0 Å². The highest BCUT2D eigenvalue weighted by Crippen LogP contribution is 2.25. The predicted octanol–water partition coefficient (Wildman–Crippen LogP) is 2.62. The van der Waals surface area contributed by atoms with E-state index in [0.717, 1.165) is 37.4 Å². The van der Waals surface area contributed by atoms with E-state index in [9.17, 15) is 4.79 Å². The van der Waals surface area contributed by atoms with Crippen LogP contribution in [-0.4, -0.2) is 39.0 Å². The summed E-state index contributed by atoms with van der Waals surface area (Å²) in [5, 5.41) is 3.94. The fourth-order valence-electron chi connectivity index (χ4n) is 2.96. The normalized spacial score (nSPS) is 18.9. The minimum Gasteiger partial charge on any atom is -0.361 e. The number of aromatic amines is 1. The van der Waals surface area contributed by atoms with Crippen LogP contribution in [0.5, 0.6) is 0 Å². The summed E-state index contributed by atoms with van der Waals surface area (Å²) in [6, 6.07) is 1.78. The van der Waals surface area contributed by atoms with Crippen molar-refractivity contribution in [1.82, 2.24) is 20.0 Å². The molecule has 2 aromatic rings. The number of carbonyl (C=O) groups excluding carboxylic acids is 1. The van der Waals surface area contributed by atoms with Crippen LogP contribution in [0.2, 0.25) is 0 Å². The Kier molecular flexibility index (Phi) is 4.27. The Hall–Kier alpha value is -2.11. The average molecular weight is 302 g/mol. The Morgan fingerprint density at radius 1 is 1.55 bits per heavy atom. The summed E-state index contributed by atoms with van der Waals surface area (Å²) >= 11 is 0. The van der Waals surface area contributed by atoms with Crippen LogP contribution in [0.3, 0.4) is 0 Å². The Morgan fingerprint density at radius 3 is 3.14 bits per heavy atom. The molecule has 6 nitrogen and oxygen atoms in total. The molecule has 6 heteroatoms. The van der Waals surface area contributed by atoms with E-state index in [2.05, 4.69) is 29.0 Å². The predicted molar refractivity (Wildman–Crippen MR) is 81.5 cm³/mol. The number of nitrogens with zero attached hydrogens (tertiary/aromatic N) is 3. The standard InChI is InChI=1S/C16H22N4O2/c1-11(2)8-13-9-14(19-22-13)16(21)20-7-3-4-12(10-20)15-17-5-6-18-15/h5-6,9,11-12H,3-4,7-8,10H2,1-2H3,(H,17,18)/t12-/m0/s1. The second-order valence-corrected chi connectivity index (χ2v) is 6.34. The first kappa shape index (κ1) is 14.8. The maximum Gasteiger partial charge on any atom is 0.276 e. The molecule has 0 radical (unpaired) electrons. The van der Waals surface area contributed by atoms with Gasteiger partial charge in [0, 0.05) is 43.9 Å². The third kappa shape index (κ3) is 3.21. The number of hydrogen-bond donors (Lipinski definition) is 1. The third-order valence-electron chi connectivity index (χ3n) is 4.00. The van der Waals surface area contributed by atoms with Gasteiger partial charge in [0.25, 0.3) is 5.91 Å². The van der Waals surface area contributed by atoms with Crippen LogP contribution in [0, 0.1) is 5.92 Å². The number of likely N-dealkylation sites (tertiary alicyclic amines) is 1. The first-order chi connectivity index (χ1) is 10.6. The number of aromatic nitrogens is 3. The summed E-state index contributed by atoms with van der Waals surface area (Å²) < 4.78 is 5.27. The van der Waals surface area contributed by atoms with Crippen LogP contribution in [0.1, 0.15) is 54.7 Å². The highest BCUT2D eigenvalue weighted by molar-refractivity contribution is 5.92. The Balaban J connectivity index is 1.67. The third-order valence-corrected chi connectivity index (χ3v) is 4.00. The molecule has 0 aromatic carbocycles. The van der Waals surface area contributed by atoms with Crippen molar-refractivity contribution in [2.45, 2.75) is 39.0 Å². The van der Waals surface area contributed by atoms with E-state index in [0.29, 0.717) is 18.2 Å². The van der Waals surface area contributed by atoms with E-state index in [1.165, 1.54) is 0 Å². The SMILES string of the molecule is CC(C)Cc1cc(C(=O)N2CCC[C@H](c3ncc[nH]3)C2)no1. The van der Waals surface area contributed by atoms with E-state index < -0.39 is 0 Å². The second-order valence-electron chi connectivity index (χ2n) is 6.34. The number of piperidine rings is 1. The zero-order chi connectivity index (χ0) is 15.5. The Morgan fingerprint density at radius 2 is 2.41 bits per heavy atom. The van der Waals surface area contributed by atoms with Gasteiger partial charge in [-0.2, -0.15) is 0 Å². The molecule has 3 rings (SSSR count). The topological polar surface area (TPSA) is 75.0 Å². The molecule has 1 amide bonds. The van der Waals surface area contributed by atoms with E-state index in [4.69, 9.17) is 4.52 Å². The summed E-state index contributed by atoms with van der Waals surface area (Å²) in [4.78, 5) is 21.9. The zero-order valence-corrected chi connectivity index (χ0v) is 13.1. The van der Waals surface area contributed by atoms with Crippen molar-refractivity contribution < 1.29 is 9.32 Å². The van der Waals surface area contributed by atoms with Crippen LogP contribution >= 0.6 is 0 Å². The van der Waals surface area contributed by atoms with Crippen LogP contribution < -0.4 is 0 Å². The fraction of sp³-hybridized carbons (Fsp3) is 0.562. The summed E-state index contributed by atoms with van der Waals surface area (Å²) in [5.41, 5.74) is 0.413. The number of amides is 1. The molecule has 3 heterocycles. The van der Waals surface area contributed by atoms with E-state index >= 15 is 0 Å². The number of nitrogens with one attached hydrogen (secondary N) is 1. The second kappa shape index (κ2) is 6.34. The number of rotatable bonds is 4. The van der Waals surface area contributed by atoms with Crippen molar-refractivity contribution in [3.05, 3.63) is 35.7 Å². The molecule has 1 aliphatic heterocycles. The van der Waals surface area contributed by atoms with Gasteiger partial charge in [-0.1, -0.05) is 19.0 Å². The molecule has 0 bridgehead atoms. The summed E-state index contributed by atoms with van der Waals surface area (Å²) in [7, 11) is 0. The van der Waals surface area contributed by atoms with Gasteiger partial charge in [-0.05, 0) is 18.8 Å². The largest absolute Gasteiger partial charge is 0.361 e. The summed E-state index contributed by atoms with van der Waals surface area (Å²) in [5.74, 6) is 2.44. The van der Waals surface area contributed by atoms with Gasteiger partial charge >= 0.3 is 0 Å². The Bertz CT molecular complexity index is 618. The minimum absolute atomic E-state index is 0.0463. The lowest BCUT2D eigenvalue weighted by Gasteiger charge is -2.31. The molecule has 2 aromatic heterocycles. The Labute approximate surface area is 129 Å². The number of hydrogen-bond acceptors (Lipinski definition) is 4. The maximum atomic E-state index is 12.6. The van der Waals surface area contributed by atoms with Crippen LogP contribution in [0.25, 0.3) is 0 Å². The molecule has 1 fully saturated rings.